The van der Waals surface area contributed by atoms with Crippen LogP contribution in [0.1, 0.15) is 58.3 Å². The van der Waals surface area contributed by atoms with E-state index in [-0.39, 0.29) is 0 Å². The van der Waals surface area contributed by atoms with Crippen LogP contribution in [0.15, 0.2) is 12.7 Å². The fourth-order valence-electron chi connectivity index (χ4n) is 1.70. The fourth-order valence-corrected chi connectivity index (χ4v) is 1.70. The average molecular weight is 196 g/mol. The summed E-state index contributed by atoms with van der Waals surface area (Å²) < 4.78 is 0. The molecule has 0 saturated heterocycles. The molecule has 0 aromatic rings. The second-order valence-corrected chi connectivity index (χ2v) is 3.97. The maximum absolute atomic E-state index is 10.6. The predicted octanol–water partition coefficient (Wildman–Crippen LogP) is 4.13. The number of carbonyl (C=O) groups excluding carboxylic acids is 1. The Bertz CT molecular complexity index is 140. The molecule has 0 aliphatic heterocycles. The van der Waals surface area contributed by atoms with E-state index in [0.29, 0.717) is 5.92 Å². The van der Waals surface area contributed by atoms with Gasteiger partial charge in [-0.2, -0.15) is 0 Å². The molecule has 0 amide bonds. The third kappa shape index (κ3) is 8.03. The monoisotopic (exact) mass is 196 g/mol. The van der Waals surface area contributed by atoms with Crippen LogP contribution in [0.5, 0.6) is 0 Å². The number of carbonyl (C=O) groups is 1. The van der Waals surface area contributed by atoms with Crippen LogP contribution in [0, 0.1) is 5.92 Å². The maximum atomic E-state index is 10.6. The Balaban J connectivity index is 3.23. The Kier molecular flexibility index (Phi) is 10.0. The van der Waals surface area contributed by atoms with Crippen molar-refractivity contribution in [1.82, 2.24) is 0 Å². The highest BCUT2D eigenvalue weighted by molar-refractivity contribution is 5.53. The van der Waals surface area contributed by atoms with Crippen molar-refractivity contribution < 1.29 is 4.79 Å². The van der Waals surface area contributed by atoms with E-state index in [0.717, 1.165) is 32.0 Å². The molecule has 0 N–H and O–H groups in total. The first kappa shape index (κ1) is 13.4. The number of allylic oxidation sites excluding steroid dienone is 1. The van der Waals surface area contributed by atoms with E-state index >= 15 is 0 Å². The van der Waals surface area contributed by atoms with Gasteiger partial charge in [0, 0.05) is 5.92 Å². The molecule has 1 heteroatoms. The van der Waals surface area contributed by atoms with Crippen molar-refractivity contribution in [3.8, 4) is 0 Å². The van der Waals surface area contributed by atoms with Crippen LogP contribution in [0.2, 0.25) is 0 Å². The molecule has 0 saturated carbocycles. The number of hydrogen-bond acceptors (Lipinski definition) is 1. The van der Waals surface area contributed by atoms with Crippen LogP contribution in [-0.2, 0) is 4.79 Å². The first-order chi connectivity index (χ1) is 6.85. The molecular formula is C13H24O. The lowest BCUT2D eigenvalue weighted by Crippen LogP contribution is -2.01. The Hall–Kier alpha value is -0.590. The summed E-state index contributed by atoms with van der Waals surface area (Å²) in [6.45, 7) is 5.84. The lowest BCUT2D eigenvalue weighted by atomic mass is 9.97. The molecule has 0 aromatic heterocycles. The van der Waals surface area contributed by atoms with Gasteiger partial charge in [-0.25, -0.2) is 0 Å². The topological polar surface area (TPSA) is 17.1 Å². The molecule has 0 bridgehead atoms. The van der Waals surface area contributed by atoms with E-state index in [2.05, 4.69) is 13.5 Å². The van der Waals surface area contributed by atoms with Crippen LogP contribution in [0.3, 0.4) is 0 Å². The van der Waals surface area contributed by atoms with E-state index in [1.165, 1.54) is 25.7 Å². The second-order valence-electron chi connectivity index (χ2n) is 3.97. The van der Waals surface area contributed by atoms with Crippen LogP contribution in [0.25, 0.3) is 0 Å². The number of rotatable bonds is 10. The molecule has 1 atom stereocenters. The van der Waals surface area contributed by atoms with Gasteiger partial charge in [-0.15, -0.1) is 6.58 Å². The molecule has 0 aliphatic carbocycles. The molecule has 0 spiro atoms. The minimum Gasteiger partial charge on any atom is -0.303 e. The molecule has 0 aromatic carbocycles. The van der Waals surface area contributed by atoms with Crippen LogP contribution >= 0.6 is 0 Å². The largest absolute Gasteiger partial charge is 0.303 e. The summed E-state index contributed by atoms with van der Waals surface area (Å²) in [5.41, 5.74) is 0. The number of hydrogen-bond donors (Lipinski definition) is 0. The van der Waals surface area contributed by atoms with Gasteiger partial charge < -0.3 is 4.79 Å². The standard InChI is InChI=1S/C13H24O/c1-3-5-6-7-8-9-11-13(12-14)10-4-2/h3,12-13H,1,4-11H2,2H3. The molecule has 0 fully saturated rings. The molecule has 14 heavy (non-hydrogen) atoms. The minimum absolute atomic E-state index is 0.319. The van der Waals surface area contributed by atoms with Crippen molar-refractivity contribution >= 4 is 6.29 Å². The molecule has 0 rings (SSSR count). The SMILES string of the molecule is C=CCCCCCCC(C=O)CCC. The summed E-state index contributed by atoms with van der Waals surface area (Å²) in [5.74, 6) is 0.319. The third-order valence-corrected chi connectivity index (χ3v) is 2.59. The van der Waals surface area contributed by atoms with Gasteiger partial charge in [-0.3, -0.25) is 0 Å². The smallest absolute Gasteiger partial charge is 0.123 e. The zero-order valence-corrected chi connectivity index (χ0v) is 9.50. The minimum atomic E-state index is 0.319. The normalized spacial score (nSPS) is 12.4. The highest BCUT2D eigenvalue weighted by atomic mass is 16.1. The van der Waals surface area contributed by atoms with Gasteiger partial charge in [0.25, 0.3) is 0 Å². The highest BCUT2D eigenvalue weighted by Gasteiger charge is 2.04. The van der Waals surface area contributed by atoms with E-state index in [1.54, 1.807) is 0 Å². The summed E-state index contributed by atoms with van der Waals surface area (Å²) in [7, 11) is 0. The Morgan fingerprint density at radius 3 is 2.43 bits per heavy atom. The van der Waals surface area contributed by atoms with Crippen molar-refractivity contribution in [3.63, 3.8) is 0 Å². The maximum Gasteiger partial charge on any atom is 0.123 e. The predicted molar refractivity (Wildman–Crippen MR) is 62.4 cm³/mol. The molecule has 1 unspecified atom stereocenters. The first-order valence-electron chi connectivity index (χ1n) is 5.91. The van der Waals surface area contributed by atoms with Gasteiger partial charge in [0.1, 0.15) is 6.29 Å². The molecule has 0 aliphatic rings. The Morgan fingerprint density at radius 2 is 1.86 bits per heavy atom. The van der Waals surface area contributed by atoms with E-state index < -0.39 is 0 Å². The molecule has 82 valence electrons. The lowest BCUT2D eigenvalue weighted by molar-refractivity contribution is -0.111. The summed E-state index contributed by atoms with van der Waals surface area (Å²) in [6, 6.07) is 0. The van der Waals surface area contributed by atoms with Gasteiger partial charge in [0.15, 0.2) is 0 Å². The third-order valence-electron chi connectivity index (χ3n) is 2.59. The number of unbranched alkanes of at least 4 members (excludes halogenated alkanes) is 4. The molecular weight excluding hydrogens is 172 g/mol. The summed E-state index contributed by atoms with van der Waals surface area (Å²) in [6.07, 6.45) is 12.5. The zero-order valence-electron chi connectivity index (χ0n) is 9.50. The van der Waals surface area contributed by atoms with Gasteiger partial charge in [0.05, 0.1) is 0 Å². The Morgan fingerprint density at radius 1 is 1.14 bits per heavy atom. The summed E-state index contributed by atoms with van der Waals surface area (Å²) in [4.78, 5) is 10.6. The van der Waals surface area contributed by atoms with E-state index in [9.17, 15) is 4.79 Å². The van der Waals surface area contributed by atoms with Crippen LogP contribution < -0.4 is 0 Å². The summed E-state index contributed by atoms with van der Waals surface area (Å²) >= 11 is 0. The van der Waals surface area contributed by atoms with Gasteiger partial charge in [0.2, 0.25) is 0 Å². The molecule has 0 radical (unpaired) electrons. The molecule has 0 heterocycles. The van der Waals surface area contributed by atoms with E-state index in [1.807, 2.05) is 6.08 Å². The van der Waals surface area contributed by atoms with Gasteiger partial charge >= 0.3 is 0 Å². The van der Waals surface area contributed by atoms with Crippen molar-refractivity contribution in [2.45, 2.75) is 58.3 Å². The number of aldehydes is 1. The van der Waals surface area contributed by atoms with Crippen molar-refractivity contribution in [3.05, 3.63) is 12.7 Å². The highest BCUT2D eigenvalue weighted by Crippen LogP contribution is 2.14. The van der Waals surface area contributed by atoms with Crippen molar-refractivity contribution in [1.29, 1.82) is 0 Å². The lowest BCUT2D eigenvalue weighted by Gasteiger charge is -2.07. The Labute approximate surface area is 88.6 Å². The van der Waals surface area contributed by atoms with Crippen LogP contribution in [-0.4, -0.2) is 6.29 Å². The second kappa shape index (κ2) is 10.5. The molecule has 1 nitrogen and oxygen atoms in total. The van der Waals surface area contributed by atoms with Crippen molar-refractivity contribution in [2.24, 2.45) is 5.92 Å². The quantitative estimate of drug-likeness (QED) is 0.292. The van der Waals surface area contributed by atoms with Crippen molar-refractivity contribution in [2.75, 3.05) is 0 Å². The van der Waals surface area contributed by atoms with Gasteiger partial charge in [-0.1, -0.05) is 38.7 Å². The zero-order chi connectivity index (χ0) is 10.6. The van der Waals surface area contributed by atoms with Gasteiger partial charge in [-0.05, 0) is 25.7 Å². The first-order valence-corrected chi connectivity index (χ1v) is 5.91. The van der Waals surface area contributed by atoms with Crippen LogP contribution in [0.4, 0.5) is 0 Å². The average Bonchev–Trinajstić information content (AvgIpc) is 2.21. The summed E-state index contributed by atoms with van der Waals surface area (Å²) in [5, 5.41) is 0. The fraction of sp³-hybridized carbons (Fsp3) is 0.769. The van der Waals surface area contributed by atoms with E-state index in [4.69, 9.17) is 0 Å².